The van der Waals surface area contributed by atoms with Gasteiger partial charge in [-0.1, -0.05) is 6.92 Å². The van der Waals surface area contributed by atoms with Crippen LogP contribution in [0.5, 0.6) is 0 Å². The zero-order valence-electron chi connectivity index (χ0n) is 8.79. The van der Waals surface area contributed by atoms with Gasteiger partial charge in [0.15, 0.2) is 0 Å². The number of carbonyl (C=O) groups excluding carboxylic acids is 1. The molecule has 0 saturated carbocycles. The highest BCUT2D eigenvalue weighted by molar-refractivity contribution is 5.78. The summed E-state index contributed by atoms with van der Waals surface area (Å²) in [5.41, 5.74) is 5.17. The molecule has 0 radical (unpaired) electrons. The molecule has 0 aromatic rings. The molecule has 2 atom stereocenters. The highest BCUT2D eigenvalue weighted by Crippen LogP contribution is 2.12. The van der Waals surface area contributed by atoms with E-state index in [1.165, 1.54) is 6.42 Å². The Hall–Kier alpha value is -0.610. The van der Waals surface area contributed by atoms with E-state index in [4.69, 9.17) is 10.5 Å². The molecule has 0 spiro atoms. The van der Waals surface area contributed by atoms with Gasteiger partial charge in [-0.3, -0.25) is 4.79 Å². The molecule has 1 rings (SSSR count). The maximum atomic E-state index is 10.8. The van der Waals surface area contributed by atoms with Crippen LogP contribution in [0.3, 0.4) is 0 Å². The third kappa shape index (κ3) is 3.64. The summed E-state index contributed by atoms with van der Waals surface area (Å²) in [6, 6.07) is 0. The fraction of sp³-hybridized carbons (Fsp3) is 0.900. The van der Waals surface area contributed by atoms with Crippen LogP contribution >= 0.6 is 0 Å². The van der Waals surface area contributed by atoms with Crippen LogP contribution < -0.4 is 11.1 Å². The van der Waals surface area contributed by atoms with Gasteiger partial charge in [0.05, 0.1) is 0 Å². The Kier molecular flexibility index (Phi) is 4.90. The molecule has 0 aromatic heterocycles. The Morgan fingerprint density at radius 2 is 2.50 bits per heavy atom. The van der Waals surface area contributed by atoms with Crippen molar-refractivity contribution >= 4 is 5.91 Å². The number of hydrogen-bond donors (Lipinski definition) is 2. The van der Waals surface area contributed by atoms with Crippen molar-refractivity contribution in [2.45, 2.75) is 32.3 Å². The highest BCUT2D eigenvalue weighted by atomic mass is 16.5. The molecule has 14 heavy (non-hydrogen) atoms. The molecule has 1 saturated heterocycles. The van der Waals surface area contributed by atoms with E-state index < -0.39 is 6.10 Å². The molecule has 82 valence electrons. The van der Waals surface area contributed by atoms with Gasteiger partial charge >= 0.3 is 0 Å². The zero-order chi connectivity index (χ0) is 10.4. The summed E-state index contributed by atoms with van der Waals surface area (Å²) in [7, 11) is 0. The third-order valence-electron chi connectivity index (χ3n) is 2.70. The Bertz CT molecular complexity index is 179. The van der Waals surface area contributed by atoms with Crippen LogP contribution in [0.4, 0.5) is 0 Å². The van der Waals surface area contributed by atoms with Gasteiger partial charge in [0.25, 0.3) is 0 Å². The molecular formula is C10H20N2O2. The van der Waals surface area contributed by atoms with Gasteiger partial charge in [0, 0.05) is 6.61 Å². The van der Waals surface area contributed by atoms with Crippen LogP contribution in [0.1, 0.15) is 26.2 Å². The number of carbonyl (C=O) groups is 1. The molecule has 1 aliphatic rings. The molecule has 3 N–H and O–H groups in total. The highest BCUT2D eigenvalue weighted by Gasteiger charge is 2.16. The summed E-state index contributed by atoms with van der Waals surface area (Å²) >= 11 is 0. The molecule has 1 fully saturated rings. The second-order valence-electron chi connectivity index (χ2n) is 3.82. The lowest BCUT2D eigenvalue weighted by atomic mass is 10.1. The lowest BCUT2D eigenvalue weighted by Gasteiger charge is -2.14. The van der Waals surface area contributed by atoms with E-state index in [0.29, 0.717) is 18.9 Å². The molecule has 1 heterocycles. The van der Waals surface area contributed by atoms with Crippen LogP contribution in [0, 0.1) is 5.92 Å². The van der Waals surface area contributed by atoms with Gasteiger partial charge in [-0.2, -0.15) is 0 Å². The fourth-order valence-corrected chi connectivity index (χ4v) is 1.74. The van der Waals surface area contributed by atoms with Gasteiger partial charge in [-0.25, -0.2) is 0 Å². The number of rotatable bonds is 6. The van der Waals surface area contributed by atoms with Gasteiger partial charge in [0.1, 0.15) is 6.10 Å². The van der Waals surface area contributed by atoms with Crippen LogP contribution in [0.25, 0.3) is 0 Å². The summed E-state index contributed by atoms with van der Waals surface area (Å²) in [5.74, 6) is 0.359. The van der Waals surface area contributed by atoms with Gasteiger partial charge in [0.2, 0.25) is 5.91 Å². The number of ether oxygens (including phenoxy) is 1. The van der Waals surface area contributed by atoms with E-state index in [9.17, 15) is 4.79 Å². The zero-order valence-corrected chi connectivity index (χ0v) is 8.79. The van der Waals surface area contributed by atoms with Crippen LogP contribution in [0.15, 0.2) is 0 Å². The SMILES string of the molecule is CCC(OCCC1CCNC1)C(N)=O. The minimum absolute atomic E-state index is 0.350. The van der Waals surface area contributed by atoms with Crippen molar-refractivity contribution in [1.29, 1.82) is 0 Å². The van der Waals surface area contributed by atoms with Crippen LogP contribution in [-0.4, -0.2) is 31.7 Å². The topological polar surface area (TPSA) is 64.3 Å². The predicted octanol–water partition coefficient (Wildman–Crippen LogP) is 0.267. The molecule has 1 aliphatic heterocycles. The molecule has 1 amide bonds. The monoisotopic (exact) mass is 200 g/mol. The normalized spacial score (nSPS) is 23.6. The van der Waals surface area contributed by atoms with E-state index in [1.54, 1.807) is 0 Å². The number of amides is 1. The van der Waals surface area contributed by atoms with Crippen molar-refractivity contribution in [3.8, 4) is 0 Å². The van der Waals surface area contributed by atoms with Gasteiger partial charge < -0.3 is 15.8 Å². The van der Waals surface area contributed by atoms with Crippen LogP contribution in [-0.2, 0) is 9.53 Å². The molecule has 0 bridgehead atoms. The number of primary amides is 1. The lowest BCUT2D eigenvalue weighted by Crippen LogP contribution is -2.31. The van der Waals surface area contributed by atoms with Crippen molar-refractivity contribution in [2.24, 2.45) is 11.7 Å². The minimum Gasteiger partial charge on any atom is -0.368 e. The first-order valence-electron chi connectivity index (χ1n) is 5.35. The van der Waals surface area contributed by atoms with E-state index in [1.807, 2.05) is 6.92 Å². The largest absolute Gasteiger partial charge is 0.368 e. The Morgan fingerprint density at radius 1 is 1.71 bits per heavy atom. The second-order valence-corrected chi connectivity index (χ2v) is 3.82. The molecular weight excluding hydrogens is 180 g/mol. The average Bonchev–Trinajstić information content (AvgIpc) is 2.64. The molecule has 0 aromatic carbocycles. The summed E-state index contributed by atoms with van der Waals surface area (Å²) in [6.45, 7) is 4.74. The van der Waals surface area contributed by atoms with Crippen molar-refractivity contribution < 1.29 is 9.53 Å². The van der Waals surface area contributed by atoms with Gasteiger partial charge in [-0.05, 0) is 38.3 Å². The molecule has 2 unspecified atom stereocenters. The first kappa shape index (κ1) is 11.5. The van der Waals surface area contributed by atoms with Crippen molar-refractivity contribution in [2.75, 3.05) is 19.7 Å². The molecule has 4 heteroatoms. The Balaban J connectivity index is 2.09. The van der Waals surface area contributed by atoms with E-state index in [-0.39, 0.29) is 5.91 Å². The smallest absolute Gasteiger partial charge is 0.246 e. The number of nitrogens with one attached hydrogen (secondary N) is 1. The first-order valence-corrected chi connectivity index (χ1v) is 5.35. The lowest BCUT2D eigenvalue weighted by molar-refractivity contribution is -0.129. The van der Waals surface area contributed by atoms with Crippen molar-refractivity contribution in [3.63, 3.8) is 0 Å². The summed E-state index contributed by atoms with van der Waals surface area (Å²) in [6.07, 6.45) is 2.51. The Labute approximate surface area is 85.2 Å². The quantitative estimate of drug-likeness (QED) is 0.646. The van der Waals surface area contributed by atoms with Crippen molar-refractivity contribution in [1.82, 2.24) is 5.32 Å². The fourth-order valence-electron chi connectivity index (χ4n) is 1.74. The standard InChI is InChI=1S/C10H20N2O2/c1-2-9(10(11)13)14-6-4-8-3-5-12-7-8/h8-9,12H,2-7H2,1H3,(H2,11,13). The number of hydrogen-bond acceptors (Lipinski definition) is 3. The summed E-state index contributed by atoms with van der Waals surface area (Å²) in [5, 5.41) is 3.30. The van der Waals surface area contributed by atoms with E-state index >= 15 is 0 Å². The average molecular weight is 200 g/mol. The second kappa shape index (κ2) is 5.98. The summed E-state index contributed by atoms with van der Waals surface area (Å²) < 4.78 is 5.41. The third-order valence-corrected chi connectivity index (χ3v) is 2.70. The van der Waals surface area contributed by atoms with E-state index in [2.05, 4.69) is 5.32 Å². The maximum absolute atomic E-state index is 10.8. The number of nitrogens with two attached hydrogens (primary N) is 1. The molecule has 4 nitrogen and oxygen atoms in total. The summed E-state index contributed by atoms with van der Waals surface area (Å²) in [4.78, 5) is 10.8. The predicted molar refractivity (Wildman–Crippen MR) is 54.8 cm³/mol. The maximum Gasteiger partial charge on any atom is 0.246 e. The first-order chi connectivity index (χ1) is 6.74. The van der Waals surface area contributed by atoms with Crippen molar-refractivity contribution in [3.05, 3.63) is 0 Å². The molecule has 0 aliphatic carbocycles. The van der Waals surface area contributed by atoms with Gasteiger partial charge in [-0.15, -0.1) is 0 Å². The van der Waals surface area contributed by atoms with E-state index in [0.717, 1.165) is 19.5 Å². The van der Waals surface area contributed by atoms with Crippen LogP contribution in [0.2, 0.25) is 0 Å². The minimum atomic E-state index is -0.399. The Morgan fingerprint density at radius 3 is 3.00 bits per heavy atom.